The molecule has 0 aliphatic carbocycles. The lowest BCUT2D eigenvalue weighted by atomic mass is 10.2. The zero-order valence-electron chi connectivity index (χ0n) is 16.0. The van der Waals surface area contributed by atoms with Crippen LogP contribution < -0.4 is 11.1 Å². The zero-order chi connectivity index (χ0) is 17.9. The number of nitrogens with zero attached hydrogens (tertiary/aromatic N) is 3. The van der Waals surface area contributed by atoms with Crippen LogP contribution in [0.2, 0.25) is 0 Å². The fourth-order valence-corrected chi connectivity index (χ4v) is 3.12. The number of halogens is 1. The molecule has 0 aromatic carbocycles. The van der Waals surface area contributed by atoms with Gasteiger partial charge in [-0.2, -0.15) is 0 Å². The van der Waals surface area contributed by atoms with Crippen molar-refractivity contribution in [1.82, 2.24) is 15.1 Å². The molecule has 2 heterocycles. The third kappa shape index (κ3) is 7.81. The summed E-state index contributed by atoms with van der Waals surface area (Å²) in [6.45, 7) is 12.4. The van der Waals surface area contributed by atoms with Gasteiger partial charge in [-0.3, -0.25) is 14.8 Å². The van der Waals surface area contributed by atoms with Gasteiger partial charge >= 0.3 is 0 Å². The van der Waals surface area contributed by atoms with Crippen LogP contribution in [0.3, 0.4) is 0 Å². The van der Waals surface area contributed by atoms with Crippen LogP contribution in [0.1, 0.15) is 32.1 Å². The lowest BCUT2D eigenvalue weighted by Gasteiger charge is -2.27. The van der Waals surface area contributed by atoms with E-state index in [2.05, 4.69) is 34.0 Å². The molecule has 0 radical (unpaired) electrons. The molecule has 0 saturated carbocycles. The number of nitrogens with one attached hydrogen (secondary N) is 1. The second kappa shape index (κ2) is 13.3. The van der Waals surface area contributed by atoms with Gasteiger partial charge in [-0.05, 0) is 38.2 Å². The number of furan rings is 1. The molecule has 0 amide bonds. The van der Waals surface area contributed by atoms with Gasteiger partial charge in [0.2, 0.25) is 0 Å². The average molecular weight is 479 g/mol. The SMILES string of the molecule is CCN(CC)C(CN=C(N)NCCCN1CCOCC1)c1ccco1.I. The van der Waals surface area contributed by atoms with Crippen LogP contribution in [0.15, 0.2) is 27.8 Å². The van der Waals surface area contributed by atoms with E-state index in [1.165, 1.54) is 0 Å². The molecule has 26 heavy (non-hydrogen) atoms. The summed E-state index contributed by atoms with van der Waals surface area (Å²) in [4.78, 5) is 9.28. The molecule has 1 fully saturated rings. The summed E-state index contributed by atoms with van der Waals surface area (Å²) in [6.07, 6.45) is 2.76. The van der Waals surface area contributed by atoms with Crippen molar-refractivity contribution >= 4 is 29.9 Å². The van der Waals surface area contributed by atoms with Gasteiger partial charge in [-0.1, -0.05) is 13.8 Å². The van der Waals surface area contributed by atoms with Crippen molar-refractivity contribution in [3.8, 4) is 0 Å². The van der Waals surface area contributed by atoms with E-state index >= 15 is 0 Å². The van der Waals surface area contributed by atoms with Crippen LogP contribution in [0.25, 0.3) is 0 Å². The number of hydrogen-bond acceptors (Lipinski definition) is 5. The molecule has 1 aliphatic heterocycles. The Morgan fingerprint density at radius 1 is 1.35 bits per heavy atom. The largest absolute Gasteiger partial charge is 0.468 e. The highest BCUT2D eigenvalue weighted by Gasteiger charge is 2.20. The summed E-state index contributed by atoms with van der Waals surface area (Å²) < 4.78 is 10.9. The van der Waals surface area contributed by atoms with E-state index in [-0.39, 0.29) is 30.0 Å². The van der Waals surface area contributed by atoms with Crippen molar-refractivity contribution < 1.29 is 9.15 Å². The van der Waals surface area contributed by atoms with Crippen LogP contribution in [0.5, 0.6) is 0 Å². The number of nitrogens with two attached hydrogens (primary N) is 1. The first-order valence-electron chi connectivity index (χ1n) is 9.36. The number of morpholine rings is 1. The Labute approximate surface area is 174 Å². The Kier molecular flexibility index (Phi) is 11.9. The monoisotopic (exact) mass is 479 g/mol. The minimum Gasteiger partial charge on any atom is -0.468 e. The lowest BCUT2D eigenvalue weighted by Crippen LogP contribution is -2.39. The molecule has 1 unspecified atom stereocenters. The number of aliphatic imine (C=N–C) groups is 1. The maximum Gasteiger partial charge on any atom is 0.188 e. The molecule has 1 aromatic heterocycles. The van der Waals surface area contributed by atoms with E-state index in [0.717, 1.165) is 64.7 Å². The predicted octanol–water partition coefficient (Wildman–Crippen LogP) is 1.91. The van der Waals surface area contributed by atoms with E-state index in [1.54, 1.807) is 6.26 Å². The highest BCUT2D eigenvalue weighted by atomic mass is 127. The van der Waals surface area contributed by atoms with Crippen LogP contribution in [-0.4, -0.2) is 74.8 Å². The van der Waals surface area contributed by atoms with Gasteiger partial charge in [0, 0.05) is 19.6 Å². The van der Waals surface area contributed by atoms with Crippen LogP contribution in [0.4, 0.5) is 0 Å². The molecule has 1 aliphatic rings. The van der Waals surface area contributed by atoms with Crippen molar-refractivity contribution in [2.45, 2.75) is 26.3 Å². The zero-order valence-corrected chi connectivity index (χ0v) is 18.4. The maximum absolute atomic E-state index is 6.03. The summed E-state index contributed by atoms with van der Waals surface area (Å²) in [5.74, 6) is 1.44. The summed E-state index contributed by atoms with van der Waals surface area (Å²) in [5.41, 5.74) is 6.03. The standard InChI is InChI=1S/C18H33N5O2.HI/c1-3-23(4-2)16(17-7-5-12-25-17)15-21-18(19)20-8-6-9-22-10-13-24-14-11-22;/h5,7,12,16H,3-4,6,8-11,13-15H2,1-2H3,(H3,19,20,21);1H. The molecule has 0 spiro atoms. The number of ether oxygens (including phenoxy) is 1. The molecular formula is C18H34IN5O2. The molecule has 1 aromatic rings. The fourth-order valence-electron chi connectivity index (χ4n) is 3.12. The third-order valence-corrected chi connectivity index (χ3v) is 4.62. The highest BCUT2D eigenvalue weighted by Crippen LogP contribution is 2.21. The van der Waals surface area contributed by atoms with Gasteiger partial charge in [0.05, 0.1) is 32.1 Å². The lowest BCUT2D eigenvalue weighted by molar-refractivity contribution is 0.0376. The maximum atomic E-state index is 6.03. The van der Waals surface area contributed by atoms with Crippen molar-refractivity contribution in [1.29, 1.82) is 0 Å². The Morgan fingerprint density at radius 3 is 2.69 bits per heavy atom. The smallest absolute Gasteiger partial charge is 0.188 e. The van der Waals surface area contributed by atoms with Crippen molar-refractivity contribution in [2.24, 2.45) is 10.7 Å². The summed E-state index contributed by atoms with van der Waals surface area (Å²) in [7, 11) is 0. The minimum atomic E-state index is 0. The van der Waals surface area contributed by atoms with Crippen molar-refractivity contribution in [3.05, 3.63) is 24.2 Å². The Hall–Kier alpha value is -0.840. The number of rotatable bonds is 10. The van der Waals surface area contributed by atoms with Crippen molar-refractivity contribution in [2.75, 3.05) is 59.0 Å². The van der Waals surface area contributed by atoms with E-state index in [0.29, 0.717) is 12.5 Å². The Balaban J connectivity index is 0.00000338. The topological polar surface area (TPSA) is 79.3 Å². The van der Waals surface area contributed by atoms with E-state index < -0.39 is 0 Å². The van der Waals surface area contributed by atoms with Gasteiger partial charge in [0.15, 0.2) is 5.96 Å². The van der Waals surface area contributed by atoms with Crippen LogP contribution >= 0.6 is 24.0 Å². The molecule has 1 saturated heterocycles. The van der Waals surface area contributed by atoms with E-state index in [9.17, 15) is 0 Å². The van der Waals surface area contributed by atoms with Gasteiger partial charge < -0.3 is 20.2 Å². The first-order chi connectivity index (χ1) is 12.2. The second-order valence-corrected chi connectivity index (χ2v) is 6.21. The molecule has 150 valence electrons. The van der Waals surface area contributed by atoms with E-state index in [4.69, 9.17) is 14.9 Å². The first kappa shape index (κ1) is 23.2. The Bertz CT molecular complexity index is 488. The van der Waals surface area contributed by atoms with Crippen LogP contribution in [-0.2, 0) is 4.74 Å². The molecule has 7 nitrogen and oxygen atoms in total. The fraction of sp³-hybridized carbons (Fsp3) is 0.722. The molecular weight excluding hydrogens is 445 g/mol. The van der Waals surface area contributed by atoms with Crippen molar-refractivity contribution in [3.63, 3.8) is 0 Å². The first-order valence-corrected chi connectivity index (χ1v) is 9.36. The number of likely N-dealkylation sites (N-methyl/N-ethyl adjacent to an activating group) is 1. The second-order valence-electron chi connectivity index (χ2n) is 6.21. The summed E-state index contributed by atoms with van der Waals surface area (Å²) >= 11 is 0. The van der Waals surface area contributed by atoms with Gasteiger partial charge in [0.25, 0.3) is 0 Å². The molecule has 3 N–H and O–H groups in total. The van der Waals surface area contributed by atoms with Crippen LogP contribution in [0, 0.1) is 0 Å². The quantitative estimate of drug-likeness (QED) is 0.231. The number of guanidine groups is 1. The Morgan fingerprint density at radius 2 is 2.08 bits per heavy atom. The summed E-state index contributed by atoms with van der Waals surface area (Å²) in [6, 6.07) is 4.05. The van der Waals surface area contributed by atoms with Gasteiger partial charge in [0.1, 0.15) is 5.76 Å². The van der Waals surface area contributed by atoms with Gasteiger partial charge in [-0.25, -0.2) is 0 Å². The number of hydrogen-bond donors (Lipinski definition) is 2. The summed E-state index contributed by atoms with van der Waals surface area (Å²) in [5, 5.41) is 3.22. The average Bonchev–Trinajstić information content (AvgIpc) is 3.17. The highest BCUT2D eigenvalue weighted by molar-refractivity contribution is 14.0. The minimum absolute atomic E-state index is 0. The van der Waals surface area contributed by atoms with Gasteiger partial charge in [-0.15, -0.1) is 24.0 Å². The molecule has 2 rings (SSSR count). The predicted molar refractivity (Wildman–Crippen MR) is 116 cm³/mol. The third-order valence-electron chi connectivity index (χ3n) is 4.62. The molecule has 8 heteroatoms. The molecule has 1 atom stereocenters. The molecule has 0 bridgehead atoms. The van der Waals surface area contributed by atoms with E-state index in [1.807, 2.05) is 12.1 Å². The normalized spacial score (nSPS) is 17.1.